The molecule has 0 atom stereocenters. The molecule has 0 aliphatic heterocycles. The number of hydrogen-bond donors (Lipinski definition) is 2. The van der Waals surface area contributed by atoms with E-state index in [-0.39, 0.29) is 0 Å². The van der Waals surface area contributed by atoms with Crippen LogP contribution in [-0.4, -0.2) is 34.1 Å². The van der Waals surface area contributed by atoms with Gasteiger partial charge in [-0.25, -0.2) is 0 Å². The second-order valence-corrected chi connectivity index (χ2v) is 4.77. The normalized spacial score (nSPS) is 15.5. The molecule has 6 nitrogen and oxygen atoms in total. The first kappa shape index (κ1) is 13.8. The average molecular weight is 265 g/mol. The topological polar surface area (TPSA) is 72.0 Å². The molecule has 1 aromatic rings. The summed E-state index contributed by atoms with van der Waals surface area (Å²) in [6, 6.07) is 0.879. The van der Waals surface area contributed by atoms with Crippen molar-refractivity contribution >= 4 is 11.9 Å². The number of anilines is 2. The molecule has 1 saturated carbocycles. The van der Waals surface area contributed by atoms with E-state index in [4.69, 9.17) is 4.74 Å². The maximum atomic E-state index is 5.51. The average Bonchev–Trinajstić information content (AvgIpc) is 2.89. The monoisotopic (exact) mass is 265 g/mol. The molecule has 0 aromatic carbocycles. The van der Waals surface area contributed by atoms with Crippen LogP contribution in [0.3, 0.4) is 0 Å². The third-order valence-electron chi connectivity index (χ3n) is 3.07. The van der Waals surface area contributed by atoms with Gasteiger partial charge in [-0.15, -0.1) is 0 Å². The Morgan fingerprint density at radius 3 is 2.53 bits per heavy atom. The molecule has 0 saturated heterocycles. The quantitative estimate of drug-likeness (QED) is 0.789. The predicted octanol–water partition coefficient (Wildman–Crippen LogP) is 2.45. The lowest BCUT2D eigenvalue weighted by atomic mass is 10.3. The molecule has 1 heterocycles. The fourth-order valence-corrected chi connectivity index (χ4v) is 2.17. The van der Waals surface area contributed by atoms with E-state index in [1.807, 2.05) is 6.92 Å². The molecule has 0 bridgehead atoms. The molecule has 2 N–H and O–H groups in total. The molecule has 1 aliphatic carbocycles. The van der Waals surface area contributed by atoms with Crippen molar-refractivity contribution in [3.63, 3.8) is 0 Å². The molecule has 0 unspecified atom stereocenters. The largest absolute Gasteiger partial charge is 0.463 e. The molecule has 1 fully saturated rings. The zero-order valence-electron chi connectivity index (χ0n) is 11.8. The summed E-state index contributed by atoms with van der Waals surface area (Å²) in [7, 11) is 0. The molecular weight excluding hydrogens is 242 g/mol. The van der Waals surface area contributed by atoms with E-state index in [2.05, 4.69) is 32.5 Å². The van der Waals surface area contributed by atoms with Gasteiger partial charge in [-0.05, 0) is 26.2 Å². The van der Waals surface area contributed by atoms with Crippen molar-refractivity contribution in [2.45, 2.75) is 52.0 Å². The molecule has 1 aromatic heterocycles. The van der Waals surface area contributed by atoms with Crippen molar-refractivity contribution in [2.24, 2.45) is 0 Å². The fourth-order valence-electron chi connectivity index (χ4n) is 2.17. The second-order valence-electron chi connectivity index (χ2n) is 4.77. The predicted molar refractivity (Wildman–Crippen MR) is 75.7 cm³/mol. The summed E-state index contributed by atoms with van der Waals surface area (Å²) >= 11 is 0. The standard InChI is InChI=1S/C13H23N5O/c1-3-9-19-13-17-11(14-4-2)16-12(18-13)15-10-7-5-6-8-10/h10H,3-9H2,1-2H3,(H2,14,15,16,17,18). The van der Waals surface area contributed by atoms with Crippen molar-refractivity contribution in [3.8, 4) is 6.01 Å². The van der Waals surface area contributed by atoms with E-state index < -0.39 is 0 Å². The van der Waals surface area contributed by atoms with E-state index >= 15 is 0 Å². The number of ether oxygens (including phenoxy) is 1. The van der Waals surface area contributed by atoms with Gasteiger partial charge in [-0.3, -0.25) is 0 Å². The van der Waals surface area contributed by atoms with Gasteiger partial charge in [0.1, 0.15) is 0 Å². The Kier molecular flexibility index (Phi) is 5.18. The van der Waals surface area contributed by atoms with Gasteiger partial charge in [0.2, 0.25) is 11.9 Å². The van der Waals surface area contributed by atoms with E-state index in [0.29, 0.717) is 30.6 Å². The van der Waals surface area contributed by atoms with E-state index in [0.717, 1.165) is 13.0 Å². The van der Waals surface area contributed by atoms with Crippen LogP contribution in [0.25, 0.3) is 0 Å². The zero-order chi connectivity index (χ0) is 13.5. The SMILES string of the molecule is CCCOc1nc(NCC)nc(NC2CCCC2)n1. The van der Waals surface area contributed by atoms with Gasteiger partial charge in [0.15, 0.2) is 0 Å². The lowest BCUT2D eigenvalue weighted by molar-refractivity contribution is 0.292. The molecule has 0 spiro atoms. The lowest BCUT2D eigenvalue weighted by Gasteiger charge is -2.13. The third-order valence-corrected chi connectivity index (χ3v) is 3.07. The van der Waals surface area contributed by atoms with Gasteiger partial charge in [-0.1, -0.05) is 19.8 Å². The smallest absolute Gasteiger partial charge is 0.323 e. The van der Waals surface area contributed by atoms with Crippen molar-refractivity contribution in [2.75, 3.05) is 23.8 Å². The molecular formula is C13H23N5O. The lowest BCUT2D eigenvalue weighted by Crippen LogP contribution is -2.18. The van der Waals surface area contributed by atoms with Gasteiger partial charge in [-0.2, -0.15) is 15.0 Å². The summed E-state index contributed by atoms with van der Waals surface area (Å²) in [5.41, 5.74) is 0. The van der Waals surface area contributed by atoms with Crippen molar-refractivity contribution in [1.29, 1.82) is 0 Å². The molecule has 19 heavy (non-hydrogen) atoms. The maximum Gasteiger partial charge on any atom is 0.323 e. The minimum atomic E-state index is 0.397. The highest BCUT2D eigenvalue weighted by molar-refractivity contribution is 5.36. The van der Waals surface area contributed by atoms with Gasteiger partial charge in [0, 0.05) is 12.6 Å². The summed E-state index contributed by atoms with van der Waals surface area (Å²) in [6.07, 6.45) is 5.87. The first-order valence-electron chi connectivity index (χ1n) is 7.21. The van der Waals surface area contributed by atoms with Crippen LogP contribution < -0.4 is 15.4 Å². The summed E-state index contributed by atoms with van der Waals surface area (Å²) in [4.78, 5) is 12.9. The Hall–Kier alpha value is -1.59. The maximum absolute atomic E-state index is 5.51. The van der Waals surface area contributed by atoms with Crippen LogP contribution in [0.15, 0.2) is 0 Å². The van der Waals surface area contributed by atoms with Gasteiger partial charge in [0.25, 0.3) is 0 Å². The van der Waals surface area contributed by atoms with E-state index in [1.165, 1.54) is 25.7 Å². The summed E-state index contributed by atoms with van der Waals surface area (Å²) < 4.78 is 5.51. The summed E-state index contributed by atoms with van der Waals surface area (Å²) in [5.74, 6) is 1.19. The molecule has 1 aliphatic rings. The number of hydrogen-bond acceptors (Lipinski definition) is 6. The Morgan fingerprint density at radius 2 is 1.84 bits per heavy atom. The number of nitrogens with one attached hydrogen (secondary N) is 2. The van der Waals surface area contributed by atoms with Crippen LogP contribution in [-0.2, 0) is 0 Å². The zero-order valence-corrected chi connectivity index (χ0v) is 11.8. The van der Waals surface area contributed by atoms with Crippen LogP contribution in [0.5, 0.6) is 6.01 Å². The Morgan fingerprint density at radius 1 is 1.11 bits per heavy atom. The highest BCUT2D eigenvalue weighted by Crippen LogP contribution is 2.21. The highest BCUT2D eigenvalue weighted by atomic mass is 16.5. The van der Waals surface area contributed by atoms with Crippen molar-refractivity contribution in [1.82, 2.24) is 15.0 Å². The Labute approximate surface area is 114 Å². The molecule has 2 rings (SSSR count). The molecule has 0 radical (unpaired) electrons. The summed E-state index contributed by atoms with van der Waals surface area (Å²) in [6.45, 7) is 5.48. The van der Waals surface area contributed by atoms with Crippen LogP contribution in [0, 0.1) is 0 Å². The molecule has 0 amide bonds. The third kappa shape index (κ3) is 4.22. The second kappa shape index (κ2) is 7.11. The van der Waals surface area contributed by atoms with E-state index in [9.17, 15) is 0 Å². The molecule has 6 heteroatoms. The van der Waals surface area contributed by atoms with Gasteiger partial charge >= 0.3 is 6.01 Å². The van der Waals surface area contributed by atoms with Crippen LogP contribution in [0.4, 0.5) is 11.9 Å². The number of rotatable bonds is 7. The van der Waals surface area contributed by atoms with Crippen molar-refractivity contribution in [3.05, 3.63) is 0 Å². The number of nitrogens with zero attached hydrogens (tertiary/aromatic N) is 3. The van der Waals surface area contributed by atoms with Crippen LogP contribution in [0.2, 0.25) is 0 Å². The van der Waals surface area contributed by atoms with E-state index in [1.54, 1.807) is 0 Å². The Balaban J connectivity index is 2.07. The Bertz CT molecular complexity index is 393. The minimum Gasteiger partial charge on any atom is -0.463 e. The van der Waals surface area contributed by atoms with Gasteiger partial charge < -0.3 is 15.4 Å². The van der Waals surface area contributed by atoms with Gasteiger partial charge in [0.05, 0.1) is 6.61 Å². The number of aromatic nitrogens is 3. The first-order chi connectivity index (χ1) is 9.31. The minimum absolute atomic E-state index is 0.397. The van der Waals surface area contributed by atoms with Crippen LogP contribution >= 0.6 is 0 Å². The molecule has 106 valence electrons. The fraction of sp³-hybridized carbons (Fsp3) is 0.769. The summed E-state index contributed by atoms with van der Waals surface area (Å²) in [5, 5.41) is 6.48. The van der Waals surface area contributed by atoms with Crippen LogP contribution in [0.1, 0.15) is 46.0 Å². The first-order valence-corrected chi connectivity index (χ1v) is 7.21. The van der Waals surface area contributed by atoms with Crippen molar-refractivity contribution < 1.29 is 4.74 Å². The highest BCUT2D eigenvalue weighted by Gasteiger charge is 2.17.